The van der Waals surface area contributed by atoms with Gasteiger partial charge in [-0.25, -0.2) is 20.3 Å². The highest BCUT2D eigenvalue weighted by molar-refractivity contribution is 5.98. The molecule has 27 heavy (non-hydrogen) atoms. The van der Waals surface area contributed by atoms with Crippen LogP contribution < -0.4 is 5.84 Å². The van der Waals surface area contributed by atoms with Crippen molar-refractivity contribution in [2.24, 2.45) is 10.8 Å². The third kappa shape index (κ3) is 3.95. The summed E-state index contributed by atoms with van der Waals surface area (Å²) in [5.74, 6) is 5.65. The van der Waals surface area contributed by atoms with Crippen LogP contribution >= 0.6 is 0 Å². The van der Waals surface area contributed by atoms with E-state index < -0.39 is 29.7 Å². The van der Waals surface area contributed by atoms with E-state index in [0.29, 0.717) is 18.0 Å². The lowest BCUT2D eigenvalue weighted by molar-refractivity contribution is -0.184. The largest absolute Gasteiger partial charge is 0.442 e. The molecule has 1 unspecified atom stereocenters. The Morgan fingerprint density at radius 2 is 1.96 bits per heavy atom. The number of hydrazine groups is 1. The summed E-state index contributed by atoms with van der Waals surface area (Å²) in [5, 5.41) is 4.78. The first kappa shape index (κ1) is 21.2. The maximum Gasteiger partial charge on any atom is 0.430 e. The van der Waals surface area contributed by atoms with Gasteiger partial charge in [-0.1, -0.05) is 6.92 Å². The first-order valence-corrected chi connectivity index (χ1v) is 8.71. The zero-order valence-corrected chi connectivity index (χ0v) is 16.4. The molecule has 1 aromatic rings. The Hall–Kier alpha value is -2.10. The Bertz CT molecular complexity index is 764. The van der Waals surface area contributed by atoms with E-state index in [1.807, 2.05) is 6.92 Å². The van der Waals surface area contributed by atoms with Gasteiger partial charge >= 0.3 is 12.3 Å². The summed E-state index contributed by atoms with van der Waals surface area (Å²) in [6, 6.07) is 0. The fraction of sp³-hybridized carbons (Fsp3) is 0.706. The SMILES string of the molecule is CCCn1nc(C)c2c1N=C(N(N)C(=O)OC(C)(C)C)CC2(C)C(F)(F)F. The predicted octanol–water partition coefficient (Wildman–Crippen LogP) is 3.97. The van der Waals surface area contributed by atoms with Gasteiger partial charge in [0.25, 0.3) is 0 Å². The van der Waals surface area contributed by atoms with Crippen molar-refractivity contribution in [3.8, 4) is 0 Å². The van der Waals surface area contributed by atoms with Gasteiger partial charge in [-0.05, 0) is 41.0 Å². The lowest BCUT2D eigenvalue weighted by Gasteiger charge is -2.37. The maximum absolute atomic E-state index is 14.0. The topological polar surface area (TPSA) is 85.7 Å². The van der Waals surface area contributed by atoms with E-state index in [4.69, 9.17) is 10.6 Å². The lowest BCUT2D eigenvalue weighted by Crippen LogP contribution is -2.51. The lowest BCUT2D eigenvalue weighted by atomic mass is 9.76. The molecule has 1 amide bonds. The monoisotopic (exact) mass is 389 g/mol. The predicted molar refractivity (Wildman–Crippen MR) is 94.6 cm³/mol. The van der Waals surface area contributed by atoms with Crippen molar-refractivity contribution in [2.45, 2.75) is 78.1 Å². The molecule has 0 spiro atoms. The average molecular weight is 389 g/mol. The zero-order chi connectivity index (χ0) is 20.8. The Balaban J connectivity index is 2.58. The summed E-state index contributed by atoms with van der Waals surface area (Å²) in [6.07, 6.45) is -5.47. The van der Waals surface area contributed by atoms with Gasteiger partial charge in [-0.15, -0.1) is 0 Å². The quantitative estimate of drug-likeness (QED) is 0.471. The van der Waals surface area contributed by atoms with Crippen molar-refractivity contribution in [3.63, 3.8) is 0 Å². The van der Waals surface area contributed by atoms with Crippen molar-refractivity contribution in [1.82, 2.24) is 14.8 Å². The summed E-state index contributed by atoms with van der Waals surface area (Å²) < 4.78 is 48.6. The van der Waals surface area contributed by atoms with E-state index in [0.717, 1.165) is 6.92 Å². The van der Waals surface area contributed by atoms with Gasteiger partial charge in [0.1, 0.15) is 16.9 Å². The number of amidine groups is 1. The number of nitrogens with two attached hydrogens (primary N) is 1. The molecule has 1 atom stereocenters. The van der Waals surface area contributed by atoms with E-state index in [1.165, 1.54) is 11.6 Å². The minimum Gasteiger partial charge on any atom is -0.442 e. The van der Waals surface area contributed by atoms with Crippen molar-refractivity contribution in [3.05, 3.63) is 11.3 Å². The smallest absolute Gasteiger partial charge is 0.430 e. The number of amides is 1. The van der Waals surface area contributed by atoms with Crippen LogP contribution in [0.2, 0.25) is 0 Å². The number of halogens is 3. The minimum atomic E-state index is -4.58. The summed E-state index contributed by atoms with van der Waals surface area (Å²) in [6.45, 7) is 9.81. The summed E-state index contributed by atoms with van der Waals surface area (Å²) >= 11 is 0. The second-order valence-corrected chi connectivity index (χ2v) is 7.89. The number of alkyl halides is 3. The third-order valence-electron chi connectivity index (χ3n) is 4.33. The molecule has 2 N–H and O–H groups in total. The van der Waals surface area contributed by atoms with Crippen LogP contribution in [-0.4, -0.2) is 38.5 Å². The normalized spacial score (nSPS) is 20.1. The number of rotatable bonds is 2. The van der Waals surface area contributed by atoms with Gasteiger partial charge in [0.05, 0.1) is 5.69 Å². The van der Waals surface area contributed by atoms with Gasteiger partial charge < -0.3 is 4.74 Å². The number of aliphatic imine (C=N–C) groups is 1. The number of aryl methyl sites for hydroxylation is 2. The van der Waals surface area contributed by atoms with Crippen LogP contribution in [-0.2, 0) is 16.7 Å². The zero-order valence-electron chi connectivity index (χ0n) is 16.4. The minimum absolute atomic E-state index is 0.0183. The highest BCUT2D eigenvalue weighted by atomic mass is 19.4. The number of hydrogen-bond acceptors (Lipinski definition) is 5. The first-order chi connectivity index (χ1) is 12.2. The molecular formula is C17H26F3N5O2. The van der Waals surface area contributed by atoms with Crippen LogP contribution in [0.25, 0.3) is 0 Å². The second-order valence-electron chi connectivity index (χ2n) is 7.89. The van der Waals surface area contributed by atoms with Crippen LogP contribution in [0, 0.1) is 6.92 Å². The second kappa shape index (κ2) is 6.81. The number of hydrogen-bond donors (Lipinski definition) is 1. The Labute approximate surface area is 156 Å². The summed E-state index contributed by atoms with van der Waals surface area (Å²) in [4.78, 5) is 16.5. The van der Waals surface area contributed by atoms with Crippen molar-refractivity contribution < 1.29 is 22.7 Å². The number of ether oxygens (including phenoxy) is 1. The maximum atomic E-state index is 14.0. The number of aromatic nitrogens is 2. The van der Waals surface area contributed by atoms with E-state index in [2.05, 4.69) is 10.1 Å². The first-order valence-electron chi connectivity index (χ1n) is 8.71. The molecule has 0 saturated heterocycles. The van der Waals surface area contributed by atoms with Gasteiger partial charge in [0.2, 0.25) is 0 Å². The van der Waals surface area contributed by atoms with E-state index in [1.54, 1.807) is 20.8 Å². The van der Waals surface area contributed by atoms with Crippen LogP contribution in [0.5, 0.6) is 0 Å². The molecule has 2 rings (SSSR count). The molecule has 0 saturated carbocycles. The Kier molecular flexibility index (Phi) is 5.35. The van der Waals surface area contributed by atoms with Crippen LogP contribution in [0.3, 0.4) is 0 Å². The van der Waals surface area contributed by atoms with E-state index in [-0.39, 0.29) is 22.9 Å². The fourth-order valence-corrected chi connectivity index (χ4v) is 3.06. The summed E-state index contributed by atoms with van der Waals surface area (Å²) in [7, 11) is 0. The number of nitrogens with zero attached hydrogens (tertiary/aromatic N) is 4. The van der Waals surface area contributed by atoms with Crippen molar-refractivity contribution >= 4 is 17.7 Å². The molecule has 0 radical (unpaired) electrons. The molecule has 0 fully saturated rings. The van der Waals surface area contributed by atoms with E-state index >= 15 is 0 Å². The molecular weight excluding hydrogens is 363 g/mol. The highest BCUT2D eigenvalue weighted by Crippen LogP contribution is 2.51. The van der Waals surface area contributed by atoms with Gasteiger partial charge in [-0.2, -0.15) is 23.3 Å². The van der Waals surface area contributed by atoms with Gasteiger partial charge in [0, 0.05) is 18.5 Å². The Morgan fingerprint density at radius 3 is 2.44 bits per heavy atom. The van der Waals surface area contributed by atoms with E-state index in [9.17, 15) is 18.0 Å². The van der Waals surface area contributed by atoms with Crippen LogP contribution in [0.4, 0.5) is 23.8 Å². The summed E-state index contributed by atoms with van der Waals surface area (Å²) in [5.41, 5.74) is -2.83. The molecule has 1 aromatic heterocycles. The molecule has 0 aliphatic carbocycles. The van der Waals surface area contributed by atoms with Gasteiger partial charge in [0.15, 0.2) is 5.82 Å². The fourth-order valence-electron chi connectivity index (χ4n) is 3.06. The number of carbonyl (C=O) groups excluding carboxylic acids is 1. The average Bonchev–Trinajstić information content (AvgIpc) is 2.81. The molecule has 10 heteroatoms. The van der Waals surface area contributed by atoms with Crippen LogP contribution in [0.1, 0.15) is 58.7 Å². The highest BCUT2D eigenvalue weighted by Gasteiger charge is 2.57. The van der Waals surface area contributed by atoms with Crippen LogP contribution in [0.15, 0.2) is 4.99 Å². The standard InChI is InChI=1S/C17H26F3N5O2/c1-7-8-24-13-12(10(2)23-24)16(6,17(18,19)20)9-11(22-13)25(21)14(26)27-15(3,4)5/h7-9,21H2,1-6H3. The van der Waals surface area contributed by atoms with Gasteiger partial charge in [-0.3, -0.25) is 0 Å². The molecule has 1 aliphatic rings. The number of fused-ring (bicyclic) bond motifs is 1. The molecule has 1 aliphatic heterocycles. The molecule has 0 bridgehead atoms. The van der Waals surface area contributed by atoms with Crippen molar-refractivity contribution in [2.75, 3.05) is 0 Å². The van der Waals surface area contributed by atoms with Crippen molar-refractivity contribution in [1.29, 1.82) is 0 Å². The Morgan fingerprint density at radius 1 is 1.37 bits per heavy atom. The molecule has 0 aromatic carbocycles. The molecule has 7 nitrogen and oxygen atoms in total. The molecule has 2 heterocycles. The number of carbonyl (C=O) groups is 1. The third-order valence-corrected chi connectivity index (χ3v) is 4.33. The molecule has 152 valence electrons.